The van der Waals surface area contributed by atoms with Crippen LogP contribution in [0.4, 0.5) is 0 Å². The fourth-order valence-corrected chi connectivity index (χ4v) is 10.3. The van der Waals surface area contributed by atoms with Gasteiger partial charge in [0.1, 0.15) is 36.3 Å². The van der Waals surface area contributed by atoms with Gasteiger partial charge in [-0.25, -0.2) is 0 Å². The molecule has 68 heavy (non-hydrogen) atoms. The van der Waals surface area contributed by atoms with Gasteiger partial charge in [0.25, 0.3) is 5.91 Å². The molecule has 13 nitrogen and oxygen atoms in total. The molecule has 0 radical (unpaired) electrons. The zero-order valence-corrected chi connectivity index (χ0v) is 41.7. The number of amides is 3. The van der Waals surface area contributed by atoms with Crippen molar-refractivity contribution in [2.24, 2.45) is 21.2 Å². The summed E-state index contributed by atoms with van der Waals surface area (Å²) >= 11 is 6.24. The summed E-state index contributed by atoms with van der Waals surface area (Å²) in [7, 11) is 0. The number of ketones is 1. The lowest BCUT2D eigenvalue weighted by atomic mass is 9.49. The minimum Gasteiger partial charge on any atom is -0.491 e. The van der Waals surface area contributed by atoms with Crippen LogP contribution in [-0.4, -0.2) is 95.9 Å². The van der Waals surface area contributed by atoms with Gasteiger partial charge in [-0.15, -0.1) is 0 Å². The van der Waals surface area contributed by atoms with Crippen molar-refractivity contribution in [3.05, 3.63) is 99.7 Å². The molecule has 3 aromatic rings. The first-order chi connectivity index (χ1) is 32.1. The Hall–Kier alpha value is -5.55. The lowest BCUT2D eigenvalue weighted by molar-refractivity contribution is -0.164. The average Bonchev–Trinajstić information content (AvgIpc) is 3.91. The molecule has 3 aromatic carbocycles. The van der Waals surface area contributed by atoms with Crippen molar-refractivity contribution in [2.75, 3.05) is 19.8 Å². The Morgan fingerprint density at radius 1 is 0.985 bits per heavy atom. The number of Topliss-reactive ketones (excluding diaryl/α,β-unsaturated/α-hetero) is 1. The summed E-state index contributed by atoms with van der Waals surface area (Å²) in [6.07, 6.45) is 4.68. The van der Waals surface area contributed by atoms with E-state index in [1.54, 1.807) is 42.5 Å². The standard InChI is InChI=1S/C54H68ClN5O8/c1-33(67-40-21-18-37(19-22-40)48(64)59-50-53(6,7)51(54(50,8)9)68-41-23-20-38(30-56)43(55)29-41)12-10-11-27-66-32-46(63)58-47(52(3,4)5)49(65)60-31-39(61)28-44(60)45(62)24-15-35-13-16-36(17-14-35)42-25-26-57-34(42)2/h13-14,16-23,26,29,33,39,44,47,50-51,61H,10-12,15,24-25,27-28,31-32H2,1-9H3,(H,58,63)(H,59,64)/t33-,39+,44-,47+,50?,51?/m0/s1. The Balaban J connectivity index is 0.892. The summed E-state index contributed by atoms with van der Waals surface area (Å²) in [5.41, 5.74) is 3.78. The maximum Gasteiger partial charge on any atom is 0.251 e. The van der Waals surface area contributed by atoms with Crippen molar-refractivity contribution in [3.63, 3.8) is 0 Å². The fraction of sp³-hybridized carbons (Fsp3) is 0.519. The Kier molecular flexibility index (Phi) is 16.6. The highest BCUT2D eigenvalue weighted by Crippen LogP contribution is 2.55. The number of benzene rings is 3. The number of aliphatic hydroxyl groups is 1. The minimum atomic E-state index is -0.928. The van der Waals surface area contributed by atoms with E-state index in [0.29, 0.717) is 47.1 Å². The number of rotatable bonds is 20. The average molecular weight is 951 g/mol. The summed E-state index contributed by atoms with van der Waals surface area (Å²) in [4.78, 5) is 59.9. The van der Waals surface area contributed by atoms with E-state index in [-0.39, 0.29) is 55.9 Å². The van der Waals surface area contributed by atoms with Crippen molar-refractivity contribution in [1.82, 2.24) is 15.5 Å². The molecule has 1 aliphatic carbocycles. The van der Waals surface area contributed by atoms with E-state index in [2.05, 4.69) is 61.5 Å². The lowest BCUT2D eigenvalue weighted by Gasteiger charge is -2.63. The quantitative estimate of drug-likeness (QED) is 0.0935. The highest BCUT2D eigenvalue weighted by Gasteiger charge is 2.64. The molecule has 364 valence electrons. The summed E-state index contributed by atoms with van der Waals surface area (Å²) < 4.78 is 18.2. The van der Waals surface area contributed by atoms with Gasteiger partial charge >= 0.3 is 0 Å². The second-order valence-electron chi connectivity index (χ2n) is 20.8. The first-order valence-electron chi connectivity index (χ1n) is 23.7. The Morgan fingerprint density at radius 3 is 2.28 bits per heavy atom. The molecule has 4 atom stereocenters. The second-order valence-corrected chi connectivity index (χ2v) is 21.2. The van der Waals surface area contributed by atoms with E-state index in [1.165, 1.54) is 10.5 Å². The number of β-amino-alcohol motifs (C(OH)–C–C–N with tert-alkyl or cyclic N) is 1. The van der Waals surface area contributed by atoms with E-state index in [1.807, 2.05) is 53.0 Å². The Labute approximate surface area is 406 Å². The van der Waals surface area contributed by atoms with Gasteiger partial charge in [0, 0.05) is 72.8 Å². The number of ether oxygens (including phenoxy) is 3. The van der Waals surface area contributed by atoms with Gasteiger partial charge in [-0.05, 0) is 98.0 Å². The minimum absolute atomic E-state index is 0.0277. The third kappa shape index (κ3) is 12.4. The predicted octanol–water partition coefficient (Wildman–Crippen LogP) is 8.68. The van der Waals surface area contributed by atoms with Gasteiger partial charge in [0.05, 0.1) is 28.8 Å². The van der Waals surface area contributed by atoms with Crippen LogP contribution in [-0.2, 0) is 25.5 Å². The lowest BCUT2D eigenvalue weighted by Crippen LogP contribution is -2.74. The van der Waals surface area contributed by atoms with Crippen molar-refractivity contribution in [2.45, 2.75) is 144 Å². The number of halogens is 1. The monoisotopic (exact) mass is 949 g/mol. The molecule has 2 aliphatic heterocycles. The van der Waals surface area contributed by atoms with Crippen molar-refractivity contribution < 1.29 is 38.5 Å². The van der Waals surface area contributed by atoms with Gasteiger partial charge < -0.3 is 34.9 Å². The zero-order valence-electron chi connectivity index (χ0n) is 41.0. The number of aryl methyl sites for hydroxylation is 1. The summed E-state index contributed by atoms with van der Waals surface area (Å²) in [6.45, 7) is 17.9. The van der Waals surface area contributed by atoms with Crippen LogP contribution in [0, 0.1) is 27.6 Å². The first kappa shape index (κ1) is 51.8. The second kappa shape index (κ2) is 21.8. The van der Waals surface area contributed by atoms with Gasteiger partial charge in [0.2, 0.25) is 11.8 Å². The van der Waals surface area contributed by atoms with Crippen LogP contribution in [0.5, 0.6) is 11.5 Å². The van der Waals surface area contributed by atoms with Gasteiger partial charge in [-0.2, -0.15) is 5.26 Å². The molecule has 6 rings (SSSR count). The van der Waals surface area contributed by atoms with Crippen LogP contribution in [0.3, 0.4) is 0 Å². The van der Waals surface area contributed by atoms with E-state index in [9.17, 15) is 29.5 Å². The van der Waals surface area contributed by atoms with E-state index < -0.39 is 46.2 Å². The Bertz CT molecular complexity index is 2400. The van der Waals surface area contributed by atoms with Crippen molar-refractivity contribution >= 4 is 46.9 Å². The number of nitrogens with zero attached hydrogens (tertiary/aromatic N) is 3. The molecule has 0 bridgehead atoms. The summed E-state index contributed by atoms with van der Waals surface area (Å²) in [5, 5.41) is 26.2. The highest BCUT2D eigenvalue weighted by molar-refractivity contribution is 6.31. The normalized spacial score (nSPS) is 21.4. The summed E-state index contributed by atoms with van der Waals surface area (Å²) in [6, 6.07) is 20.4. The molecule has 0 unspecified atom stereocenters. The highest BCUT2D eigenvalue weighted by atomic mass is 35.5. The molecule has 1 saturated carbocycles. The van der Waals surface area contributed by atoms with Crippen LogP contribution >= 0.6 is 11.6 Å². The van der Waals surface area contributed by atoms with Crippen molar-refractivity contribution in [3.8, 4) is 17.6 Å². The van der Waals surface area contributed by atoms with Gasteiger partial charge in [0.15, 0.2) is 5.78 Å². The SMILES string of the molecule is CC1=C(c2ccc(CCC(=O)[C@@H]3C[C@@H](O)CN3C(=O)[C@@H](NC(=O)COCCCC[C@H](C)Oc3ccc(C(=O)NC4C(C)(C)C(Oc5ccc(C#N)c(Cl)c5)C4(C)C)cc3)C(C)(C)C)cc2)CC=N1. The Morgan fingerprint density at radius 2 is 1.66 bits per heavy atom. The number of carbonyl (C=O) groups excluding carboxylic acids is 4. The molecular weight excluding hydrogens is 882 g/mol. The zero-order chi connectivity index (χ0) is 49.6. The van der Waals surface area contributed by atoms with Crippen LogP contribution in [0.15, 0.2) is 77.4 Å². The van der Waals surface area contributed by atoms with Crippen LogP contribution in [0.25, 0.3) is 5.57 Å². The van der Waals surface area contributed by atoms with Crippen molar-refractivity contribution in [1.29, 1.82) is 5.26 Å². The van der Waals surface area contributed by atoms with Gasteiger partial charge in [-0.1, -0.05) is 84.3 Å². The van der Waals surface area contributed by atoms with Crippen LogP contribution in [0.2, 0.25) is 5.02 Å². The fourth-order valence-electron chi connectivity index (χ4n) is 10.1. The molecular formula is C54H68ClN5O8. The number of aliphatic hydroxyl groups excluding tert-OH is 1. The molecule has 3 amide bonds. The van der Waals surface area contributed by atoms with E-state index in [4.69, 9.17) is 25.8 Å². The molecule has 3 aliphatic rings. The third-order valence-electron chi connectivity index (χ3n) is 13.6. The van der Waals surface area contributed by atoms with Crippen LogP contribution in [0.1, 0.15) is 128 Å². The molecule has 2 heterocycles. The number of hydrogen-bond donors (Lipinski definition) is 3. The molecule has 2 fully saturated rings. The first-order valence-corrected chi connectivity index (χ1v) is 24.1. The number of hydrogen-bond acceptors (Lipinski definition) is 10. The van der Waals surface area contributed by atoms with Crippen LogP contribution < -0.4 is 20.1 Å². The number of aliphatic imine (C=N–C) groups is 1. The smallest absolute Gasteiger partial charge is 0.251 e. The summed E-state index contributed by atoms with van der Waals surface area (Å²) in [5.74, 6) is 0.0861. The van der Waals surface area contributed by atoms with Gasteiger partial charge in [-0.3, -0.25) is 24.2 Å². The molecule has 3 N–H and O–H groups in total. The third-order valence-corrected chi connectivity index (χ3v) is 13.9. The number of unbranched alkanes of at least 4 members (excludes halogenated alkanes) is 1. The van der Waals surface area contributed by atoms with E-state index >= 15 is 0 Å². The number of nitriles is 1. The number of likely N-dealkylation sites (tertiary alicyclic amines) is 1. The molecule has 0 spiro atoms. The molecule has 14 heteroatoms. The largest absolute Gasteiger partial charge is 0.491 e. The number of nitrogens with one attached hydrogen (secondary N) is 2. The maximum atomic E-state index is 14.0. The predicted molar refractivity (Wildman–Crippen MR) is 264 cm³/mol. The maximum absolute atomic E-state index is 14.0. The molecule has 0 aromatic heterocycles. The van der Waals surface area contributed by atoms with E-state index in [0.717, 1.165) is 36.1 Å². The number of carbonyl (C=O) groups is 4. The molecule has 1 saturated heterocycles. The topological polar surface area (TPSA) is 180 Å². The number of allylic oxidation sites excluding steroid dienone is 2.